The minimum atomic E-state index is 0. The molecule has 0 saturated carbocycles. The summed E-state index contributed by atoms with van der Waals surface area (Å²) < 4.78 is 0. The number of aliphatic hydroxyl groups excluding tert-OH is 3. The van der Waals surface area contributed by atoms with Crippen molar-refractivity contribution in [3.63, 3.8) is 0 Å². The first-order valence-electron chi connectivity index (χ1n) is 4.57. The molecule has 0 aliphatic rings. The molecule has 4 heteroatoms. The van der Waals surface area contributed by atoms with Crippen LogP contribution >= 0.6 is 0 Å². The van der Waals surface area contributed by atoms with Gasteiger partial charge in [-0.25, -0.2) is 0 Å². The summed E-state index contributed by atoms with van der Waals surface area (Å²) in [7, 11) is 0. The average Bonchev–Trinajstić information content (AvgIpc) is 2.18. The summed E-state index contributed by atoms with van der Waals surface area (Å²) in [6.45, 7) is 6.75. The molecule has 1 atom stereocenters. The Bertz CT molecular complexity index is 30.3. The van der Waals surface area contributed by atoms with Crippen molar-refractivity contribution in [2.75, 3.05) is 19.8 Å². The molecule has 0 aliphatic carbocycles. The van der Waals surface area contributed by atoms with E-state index in [1.165, 1.54) is 0 Å². The summed E-state index contributed by atoms with van der Waals surface area (Å²) in [6.07, 6.45) is 2.62. The van der Waals surface area contributed by atoms with Crippen LogP contribution in [0.25, 0.3) is 0 Å². The predicted octanol–water partition coefficient (Wildman–Crippen LogP) is -0.0178. The maximum absolute atomic E-state index is 7.88. The molecule has 86 valence electrons. The van der Waals surface area contributed by atoms with Crippen molar-refractivity contribution in [3.8, 4) is 0 Å². The van der Waals surface area contributed by atoms with Gasteiger partial charge in [0.25, 0.3) is 0 Å². The third-order valence-electron chi connectivity index (χ3n) is 0.671. The second kappa shape index (κ2) is 39.3. The van der Waals surface area contributed by atoms with Crippen molar-refractivity contribution < 1.29 is 15.3 Å². The van der Waals surface area contributed by atoms with Gasteiger partial charge in [0.05, 0.1) is 0 Å². The van der Waals surface area contributed by atoms with E-state index in [0.29, 0.717) is 19.8 Å². The summed E-state index contributed by atoms with van der Waals surface area (Å²) >= 11 is 0. The molecule has 0 bridgehead atoms. The van der Waals surface area contributed by atoms with E-state index in [-0.39, 0.29) is 18.0 Å². The summed E-state index contributed by atoms with van der Waals surface area (Å²) in [4.78, 5) is 0. The number of rotatable bonds is 3. The Morgan fingerprint density at radius 1 is 0.615 bits per heavy atom. The third-order valence-corrected chi connectivity index (χ3v) is 0.671. The maximum atomic E-state index is 7.88. The topological polar surface area (TPSA) is 60.7 Å². The van der Waals surface area contributed by atoms with E-state index in [1.807, 2.05) is 20.8 Å². The van der Waals surface area contributed by atoms with Crippen LogP contribution in [0.4, 0.5) is 0 Å². The van der Waals surface area contributed by atoms with Gasteiger partial charge in [-0.1, -0.05) is 20.8 Å². The molecule has 0 amide bonds. The number of hydrogen-bond donors (Lipinski definition) is 3. The van der Waals surface area contributed by atoms with Gasteiger partial charge in [-0.05, 0) is 19.3 Å². The minimum absolute atomic E-state index is 0. The van der Waals surface area contributed by atoms with E-state index in [1.54, 1.807) is 0 Å². The van der Waals surface area contributed by atoms with Crippen molar-refractivity contribution in [1.29, 1.82) is 0 Å². The van der Waals surface area contributed by atoms with E-state index in [2.05, 4.69) is 0 Å². The molecule has 0 aromatic carbocycles. The van der Waals surface area contributed by atoms with Crippen LogP contribution in [0.1, 0.15) is 40.0 Å². The first-order chi connectivity index (χ1) is 5.74. The molecule has 1 unspecified atom stereocenters. The molecule has 13 heavy (non-hydrogen) atoms. The SMILES string of the molecule is CCCO.CCCO.CCCO.[AsH3]. The second-order valence-corrected chi connectivity index (χ2v) is 2.17. The Kier molecular flexibility index (Phi) is 70.5. The van der Waals surface area contributed by atoms with Crippen LogP contribution in [0.3, 0.4) is 0 Å². The molecule has 0 aromatic heterocycles. The fraction of sp³-hybridized carbons (Fsp3) is 1.00. The molecule has 0 fully saturated rings. The molecule has 0 saturated heterocycles. The zero-order chi connectivity index (χ0) is 10.2. The molecule has 0 aromatic rings. The summed E-state index contributed by atoms with van der Waals surface area (Å²) in [5.74, 6) is 0. The Labute approximate surface area is 93.5 Å². The second-order valence-electron chi connectivity index (χ2n) is 2.17. The van der Waals surface area contributed by atoms with Crippen molar-refractivity contribution in [2.45, 2.75) is 40.0 Å². The molecular formula is C9H27AsO3. The standard InChI is InChI=1S/3C3H8O.AsH3/c3*1-2-3-4;/h3*4H,2-3H2,1H3;1H3. The van der Waals surface area contributed by atoms with E-state index in [0.717, 1.165) is 19.3 Å². The van der Waals surface area contributed by atoms with Crippen LogP contribution in [0.2, 0.25) is 0 Å². The average molecular weight is 258 g/mol. The van der Waals surface area contributed by atoms with Gasteiger partial charge in [-0.3, -0.25) is 0 Å². The Morgan fingerprint density at radius 2 is 0.692 bits per heavy atom. The van der Waals surface area contributed by atoms with Crippen molar-refractivity contribution in [1.82, 2.24) is 0 Å². The number of hydrogen-bond acceptors (Lipinski definition) is 3. The zero-order valence-corrected chi connectivity index (χ0v) is 12.3. The summed E-state index contributed by atoms with van der Waals surface area (Å²) in [5, 5.41) is 23.6. The monoisotopic (exact) mass is 258 g/mol. The molecule has 3 nitrogen and oxygen atoms in total. The van der Waals surface area contributed by atoms with Crippen molar-refractivity contribution in [2.24, 2.45) is 0 Å². The molecule has 3 N–H and O–H groups in total. The molecule has 0 spiro atoms. The Morgan fingerprint density at radius 3 is 0.692 bits per heavy atom. The van der Waals surface area contributed by atoms with Gasteiger partial charge >= 0.3 is 18.0 Å². The quantitative estimate of drug-likeness (QED) is 0.624. The van der Waals surface area contributed by atoms with Crippen LogP contribution < -0.4 is 0 Å². The normalized spacial score (nSPS) is 6.92. The fourth-order valence-corrected chi connectivity index (χ4v) is 0. The third kappa shape index (κ3) is 115. The van der Waals surface area contributed by atoms with Crippen LogP contribution in [-0.4, -0.2) is 53.1 Å². The zero-order valence-electron chi connectivity index (χ0n) is 9.29. The van der Waals surface area contributed by atoms with Gasteiger partial charge < -0.3 is 15.3 Å². The van der Waals surface area contributed by atoms with Crippen molar-refractivity contribution >= 4 is 18.0 Å². The van der Waals surface area contributed by atoms with Crippen LogP contribution in [0.15, 0.2) is 0 Å². The van der Waals surface area contributed by atoms with Crippen molar-refractivity contribution in [3.05, 3.63) is 0 Å². The van der Waals surface area contributed by atoms with Gasteiger partial charge in [0.2, 0.25) is 0 Å². The molecular weight excluding hydrogens is 231 g/mol. The summed E-state index contributed by atoms with van der Waals surface area (Å²) in [6, 6.07) is 0. The van der Waals surface area contributed by atoms with E-state index in [9.17, 15) is 0 Å². The van der Waals surface area contributed by atoms with Crippen LogP contribution in [0.5, 0.6) is 0 Å². The summed E-state index contributed by atoms with van der Waals surface area (Å²) in [5.41, 5.74) is 0. The first-order valence-corrected chi connectivity index (χ1v) is 4.57. The molecule has 0 rings (SSSR count). The fourth-order valence-electron chi connectivity index (χ4n) is 0. The van der Waals surface area contributed by atoms with Crippen LogP contribution in [0, 0.1) is 0 Å². The van der Waals surface area contributed by atoms with Gasteiger partial charge in [-0.2, -0.15) is 0 Å². The van der Waals surface area contributed by atoms with E-state index < -0.39 is 0 Å². The van der Waals surface area contributed by atoms with Gasteiger partial charge in [0, 0.05) is 19.8 Å². The van der Waals surface area contributed by atoms with Crippen LogP contribution in [-0.2, 0) is 0 Å². The molecule has 0 heterocycles. The molecule has 0 aliphatic heterocycles. The van der Waals surface area contributed by atoms with E-state index in [4.69, 9.17) is 15.3 Å². The van der Waals surface area contributed by atoms with E-state index >= 15 is 0 Å². The van der Waals surface area contributed by atoms with Gasteiger partial charge in [0.1, 0.15) is 0 Å². The predicted molar refractivity (Wildman–Crippen MR) is 62.1 cm³/mol. The molecule has 0 radical (unpaired) electrons. The van der Waals surface area contributed by atoms with Gasteiger partial charge in [0.15, 0.2) is 0 Å². The number of aliphatic hydroxyl groups is 3. The first kappa shape index (κ1) is 23.3. The van der Waals surface area contributed by atoms with Gasteiger partial charge in [-0.15, -0.1) is 0 Å². The Hall–Kier alpha value is 0.438. The Balaban J connectivity index is -0.0000000450.